The van der Waals surface area contributed by atoms with E-state index in [0.29, 0.717) is 5.41 Å². The van der Waals surface area contributed by atoms with E-state index in [4.69, 9.17) is 0 Å². The smallest absolute Gasteiger partial charge is 0.122 e. The molecule has 0 aromatic carbocycles. The number of aryl methyl sites for hydroxylation is 1. The quantitative estimate of drug-likeness (QED) is 0.788. The molecule has 0 unspecified atom stereocenters. The van der Waals surface area contributed by atoms with E-state index in [1.165, 1.54) is 19.3 Å². The molecule has 0 bridgehead atoms. The number of nitrogens with one attached hydrogen (secondary N) is 1. The first-order valence-electron chi connectivity index (χ1n) is 5.37. The van der Waals surface area contributed by atoms with Crippen LogP contribution in [0.5, 0.6) is 0 Å². The molecule has 1 aliphatic rings. The molecule has 1 fully saturated rings. The molecule has 1 aromatic rings. The van der Waals surface area contributed by atoms with E-state index >= 15 is 0 Å². The molecule has 1 aliphatic carbocycles. The van der Waals surface area contributed by atoms with Gasteiger partial charge >= 0.3 is 0 Å². The summed E-state index contributed by atoms with van der Waals surface area (Å²) in [5.74, 6) is 1.12. The minimum Gasteiger partial charge on any atom is -0.337 e. The first-order valence-corrected chi connectivity index (χ1v) is 5.37. The molecule has 14 heavy (non-hydrogen) atoms. The molecule has 0 spiro atoms. The van der Waals surface area contributed by atoms with Gasteiger partial charge in [0, 0.05) is 26.0 Å². The zero-order chi connectivity index (χ0) is 10.0. The minimum absolute atomic E-state index is 0.561. The zero-order valence-corrected chi connectivity index (χ0v) is 9.08. The third-order valence-corrected chi connectivity index (χ3v) is 3.32. The Labute approximate surface area is 85.5 Å². The standard InChI is InChI=1S/C11H19N3/c1-11(4-3-5-11)9-12-8-10-13-6-7-14(10)2/h6-7,12H,3-5,8-9H2,1-2H3. The Morgan fingerprint density at radius 3 is 2.86 bits per heavy atom. The molecule has 78 valence electrons. The number of nitrogens with zero attached hydrogens (tertiary/aromatic N) is 2. The molecule has 0 saturated heterocycles. The minimum atomic E-state index is 0.561. The summed E-state index contributed by atoms with van der Waals surface area (Å²) in [5, 5.41) is 3.49. The van der Waals surface area contributed by atoms with Crippen LogP contribution in [-0.4, -0.2) is 16.1 Å². The first-order chi connectivity index (χ1) is 6.70. The van der Waals surface area contributed by atoms with E-state index in [9.17, 15) is 0 Å². The Bertz CT molecular complexity index is 299. The Morgan fingerprint density at radius 2 is 2.36 bits per heavy atom. The van der Waals surface area contributed by atoms with E-state index in [1.807, 2.05) is 19.4 Å². The zero-order valence-electron chi connectivity index (χ0n) is 9.08. The second-order valence-corrected chi connectivity index (χ2v) is 4.72. The molecule has 0 aliphatic heterocycles. The van der Waals surface area contributed by atoms with Gasteiger partial charge in [-0.15, -0.1) is 0 Å². The van der Waals surface area contributed by atoms with Crippen LogP contribution in [0.2, 0.25) is 0 Å². The molecule has 1 heterocycles. The molecule has 0 amide bonds. The van der Waals surface area contributed by atoms with Crippen molar-refractivity contribution in [1.29, 1.82) is 0 Å². The van der Waals surface area contributed by atoms with Crippen molar-refractivity contribution in [2.75, 3.05) is 6.54 Å². The van der Waals surface area contributed by atoms with Crippen molar-refractivity contribution in [3.8, 4) is 0 Å². The van der Waals surface area contributed by atoms with Crippen LogP contribution < -0.4 is 5.32 Å². The maximum atomic E-state index is 4.28. The summed E-state index contributed by atoms with van der Waals surface area (Å²) < 4.78 is 2.07. The van der Waals surface area contributed by atoms with Gasteiger partial charge in [-0.1, -0.05) is 13.3 Å². The van der Waals surface area contributed by atoms with Gasteiger partial charge in [0.1, 0.15) is 5.82 Å². The first kappa shape index (κ1) is 9.71. The van der Waals surface area contributed by atoms with Crippen LogP contribution >= 0.6 is 0 Å². The summed E-state index contributed by atoms with van der Waals surface area (Å²) in [4.78, 5) is 4.28. The average Bonchev–Trinajstić information content (AvgIpc) is 2.49. The van der Waals surface area contributed by atoms with Crippen LogP contribution in [0, 0.1) is 5.41 Å². The van der Waals surface area contributed by atoms with Gasteiger partial charge in [-0.2, -0.15) is 0 Å². The summed E-state index contributed by atoms with van der Waals surface area (Å²) >= 11 is 0. The SMILES string of the molecule is Cn1ccnc1CNCC1(C)CCC1. The topological polar surface area (TPSA) is 29.9 Å². The van der Waals surface area contributed by atoms with Crippen LogP contribution in [0.1, 0.15) is 32.0 Å². The normalized spacial score (nSPS) is 19.3. The Morgan fingerprint density at radius 1 is 1.57 bits per heavy atom. The molecule has 0 atom stereocenters. The van der Waals surface area contributed by atoms with Crippen molar-refractivity contribution in [3.05, 3.63) is 18.2 Å². The van der Waals surface area contributed by atoms with Gasteiger partial charge in [-0.05, 0) is 18.3 Å². The molecular formula is C11H19N3. The summed E-state index contributed by atoms with van der Waals surface area (Å²) in [6.45, 7) is 4.38. The fraction of sp³-hybridized carbons (Fsp3) is 0.727. The van der Waals surface area contributed by atoms with Gasteiger partial charge in [0.2, 0.25) is 0 Å². The Balaban J connectivity index is 1.75. The predicted molar refractivity (Wildman–Crippen MR) is 56.9 cm³/mol. The summed E-state index contributed by atoms with van der Waals surface area (Å²) in [7, 11) is 2.04. The van der Waals surface area contributed by atoms with Crippen molar-refractivity contribution in [3.63, 3.8) is 0 Å². The average molecular weight is 193 g/mol. The lowest BCUT2D eigenvalue weighted by Gasteiger charge is -2.38. The Hall–Kier alpha value is -0.830. The molecule has 0 radical (unpaired) electrons. The highest BCUT2D eigenvalue weighted by atomic mass is 15.1. The Kier molecular flexibility index (Phi) is 2.59. The highest BCUT2D eigenvalue weighted by molar-refractivity contribution is 4.92. The van der Waals surface area contributed by atoms with Crippen LogP contribution in [0.15, 0.2) is 12.4 Å². The molecule has 1 saturated carbocycles. The van der Waals surface area contributed by atoms with E-state index in [1.54, 1.807) is 0 Å². The monoisotopic (exact) mass is 193 g/mol. The highest BCUT2D eigenvalue weighted by Crippen LogP contribution is 2.39. The van der Waals surface area contributed by atoms with Gasteiger partial charge in [0.15, 0.2) is 0 Å². The van der Waals surface area contributed by atoms with Gasteiger partial charge in [0.05, 0.1) is 6.54 Å². The molecule has 3 nitrogen and oxygen atoms in total. The summed E-state index contributed by atoms with van der Waals surface area (Å²) in [6.07, 6.45) is 7.99. The van der Waals surface area contributed by atoms with Crippen molar-refractivity contribution in [2.24, 2.45) is 12.5 Å². The van der Waals surface area contributed by atoms with Crippen LogP contribution in [-0.2, 0) is 13.6 Å². The second kappa shape index (κ2) is 3.73. The summed E-state index contributed by atoms with van der Waals surface area (Å²) in [5.41, 5.74) is 0.561. The number of imidazole rings is 1. The van der Waals surface area contributed by atoms with E-state index in [0.717, 1.165) is 18.9 Å². The van der Waals surface area contributed by atoms with Gasteiger partial charge in [-0.25, -0.2) is 4.98 Å². The molecule has 3 heteroatoms. The molecular weight excluding hydrogens is 174 g/mol. The fourth-order valence-electron chi connectivity index (χ4n) is 2.00. The number of hydrogen-bond acceptors (Lipinski definition) is 2. The molecule has 1 aromatic heterocycles. The molecule has 1 N–H and O–H groups in total. The van der Waals surface area contributed by atoms with Gasteiger partial charge in [0.25, 0.3) is 0 Å². The van der Waals surface area contributed by atoms with Crippen molar-refractivity contribution >= 4 is 0 Å². The number of hydrogen-bond donors (Lipinski definition) is 1. The predicted octanol–water partition coefficient (Wildman–Crippen LogP) is 1.70. The lowest BCUT2D eigenvalue weighted by atomic mass is 9.70. The second-order valence-electron chi connectivity index (χ2n) is 4.72. The van der Waals surface area contributed by atoms with Crippen molar-refractivity contribution < 1.29 is 0 Å². The van der Waals surface area contributed by atoms with E-state index in [2.05, 4.69) is 21.8 Å². The number of aromatic nitrogens is 2. The van der Waals surface area contributed by atoms with Crippen LogP contribution in [0.3, 0.4) is 0 Å². The summed E-state index contributed by atoms with van der Waals surface area (Å²) in [6, 6.07) is 0. The van der Waals surface area contributed by atoms with Crippen molar-refractivity contribution in [1.82, 2.24) is 14.9 Å². The van der Waals surface area contributed by atoms with E-state index < -0.39 is 0 Å². The third-order valence-electron chi connectivity index (χ3n) is 3.32. The fourth-order valence-corrected chi connectivity index (χ4v) is 2.00. The highest BCUT2D eigenvalue weighted by Gasteiger charge is 2.30. The lowest BCUT2D eigenvalue weighted by molar-refractivity contribution is 0.156. The maximum absolute atomic E-state index is 4.28. The number of rotatable bonds is 4. The van der Waals surface area contributed by atoms with Gasteiger partial charge in [-0.3, -0.25) is 0 Å². The maximum Gasteiger partial charge on any atom is 0.122 e. The molecule has 2 rings (SSSR count). The lowest BCUT2D eigenvalue weighted by Crippen LogP contribution is -2.37. The van der Waals surface area contributed by atoms with Gasteiger partial charge < -0.3 is 9.88 Å². The van der Waals surface area contributed by atoms with E-state index in [-0.39, 0.29) is 0 Å². The largest absolute Gasteiger partial charge is 0.337 e. The van der Waals surface area contributed by atoms with Crippen molar-refractivity contribution in [2.45, 2.75) is 32.7 Å². The third kappa shape index (κ3) is 1.98. The van der Waals surface area contributed by atoms with Crippen LogP contribution in [0.4, 0.5) is 0 Å². The van der Waals surface area contributed by atoms with Crippen LogP contribution in [0.25, 0.3) is 0 Å².